The van der Waals surface area contributed by atoms with Crippen LogP contribution >= 0.6 is 0 Å². The highest BCUT2D eigenvalue weighted by Crippen LogP contribution is 2.39. The third-order valence-electron chi connectivity index (χ3n) is 8.70. The first-order valence-corrected chi connectivity index (χ1v) is 18.7. The van der Waals surface area contributed by atoms with Gasteiger partial charge >= 0.3 is 0 Å². The fourth-order valence-electron chi connectivity index (χ4n) is 6.00. The molecule has 14 heteroatoms. The molecule has 47 heavy (non-hydrogen) atoms. The molecule has 256 valence electrons. The van der Waals surface area contributed by atoms with Gasteiger partial charge in [-0.25, -0.2) is 21.6 Å². The van der Waals surface area contributed by atoms with Crippen LogP contribution in [0.25, 0.3) is 11.1 Å². The second-order valence-corrected chi connectivity index (χ2v) is 15.6. The Morgan fingerprint density at radius 3 is 2.43 bits per heavy atom. The molecule has 2 heterocycles. The highest BCUT2D eigenvalue weighted by atomic mass is 32.2. The summed E-state index contributed by atoms with van der Waals surface area (Å²) in [6, 6.07) is 19.1. The van der Waals surface area contributed by atoms with Crippen LogP contribution in [0.5, 0.6) is 11.5 Å². The van der Waals surface area contributed by atoms with Crippen molar-refractivity contribution in [1.82, 2.24) is 14.3 Å². The zero-order valence-corrected chi connectivity index (χ0v) is 28.4. The van der Waals surface area contributed by atoms with Gasteiger partial charge in [-0.05, 0) is 74.2 Å². The van der Waals surface area contributed by atoms with Crippen LogP contribution in [0.1, 0.15) is 31.7 Å². The maximum atomic E-state index is 13.8. The minimum atomic E-state index is -3.81. The Kier molecular flexibility index (Phi) is 11.2. The van der Waals surface area contributed by atoms with Crippen molar-refractivity contribution in [2.75, 3.05) is 46.5 Å². The van der Waals surface area contributed by atoms with Crippen LogP contribution in [0.3, 0.4) is 0 Å². The molecule has 3 aromatic rings. The highest BCUT2D eigenvalue weighted by Gasteiger charge is 2.45. The third-order valence-corrected chi connectivity index (χ3v) is 12.0. The normalized spacial score (nSPS) is 19.1. The van der Waals surface area contributed by atoms with Crippen LogP contribution in [0.15, 0.2) is 76.5 Å². The fraction of sp³-hybridized carbons (Fsp3) is 0.455. The van der Waals surface area contributed by atoms with E-state index in [-0.39, 0.29) is 29.0 Å². The lowest BCUT2D eigenvalue weighted by molar-refractivity contribution is -0.0312. The lowest BCUT2D eigenvalue weighted by atomic mass is 9.88. The zero-order chi connectivity index (χ0) is 33.7. The van der Waals surface area contributed by atoms with Crippen molar-refractivity contribution >= 4 is 20.0 Å². The molecular weight excluding hydrogens is 645 g/mol. The number of piperidine rings is 1. The molecule has 0 unspecified atom stereocenters. The van der Waals surface area contributed by atoms with E-state index in [1.807, 2.05) is 31.2 Å². The molecule has 2 aliphatic heterocycles. The standard InChI is InChI=1S/C33H44N4O8S2/c1-3-43-31-17-26(25-9-7-24(20-34)8-10-25)11-12-32(31)47(41,42)37-15-13-33(14-16-37)19-27(22-45-33)36-21-28(38)23-44-29-5-4-6-30(18-29)46(39,40)35-2/h4-12,17-18,27-28,35-36,38H,3,13-16,19-23,34H2,1-2H3/t27-,28-/m0/s1. The van der Waals surface area contributed by atoms with E-state index in [1.165, 1.54) is 23.5 Å². The molecule has 2 fully saturated rings. The number of rotatable bonds is 14. The van der Waals surface area contributed by atoms with Crippen molar-refractivity contribution in [3.63, 3.8) is 0 Å². The van der Waals surface area contributed by atoms with E-state index in [2.05, 4.69) is 10.0 Å². The van der Waals surface area contributed by atoms with E-state index in [9.17, 15) is 21.9 Å². The Morgan fingerprint density at radius 1 is 1.02 bits per heavy atom. The van der Waals surface area contributed by atoms with Crippen molar-refractivity contribution in [3.8, 4) is 22.6 Å². The molecule has 0 bridgehead atoms. The minimum absolute atomic E-state index is 0.00655. The zero-order valence-electron chi connectivity index (χ0n) is 26.7. The largest absolute Gasteiger partial charge is 0.492 e. The molecule has 0 saturated carbocycles. The van der Waals surface area contributed by atoms with Crippen molar-refractivity contribution in [2.24, 2.45) is 5.73 Å². The maximum Gasteiger partial charge on any atom is 0.246 e. The smallest absolute Gasteiger partial charge is 0.246 e. The van der Waals surface area contributed by atoms with E-state index in [1.54, 1.807) is 30.3 Å². The topological polar surface area (TPSA) is 170 Å². The average molecular weight is 689 g/mol. The van der Waals surface area contributed by atoms with Gasteiger partial charge in [0.05, 0.1) is 23.7 Å². The number of ether oxygens (including phenoxy) is 3. The van der Waals surface area contributed by atoms with Gasteiger partial charge in [0.15, 0.2) is 0 Å². The van der Waals surface area contributed by atoms with E-state index >= 15 is 0 Å². The molecule has 3 aromatic carbocycles. The second-order valence-electron chi connectivity index (χ2n) is 11.9. The first-order chi connectivity index (χ1) is 22.5. The Bertz CT molecular complexity index is 1730. The van der Waals surface area contributed by atoms with Gasteiger partial charge in [-0.15, -0.1) is 0 Å². The van der Waals surface area contributed by atoms with Crippen molar-refractivity contribution in [3.05, 3.63) is 72.3 Å². The molecule has 0 aliphatic carbocycles. The van der Waals surface area contributed by atoms with Crippen LogP contribution in [-0.4, -0.2) is 90.5 Å². The molecule has 0 amide bonds. The summed E-state index contributed by atoms with van der Waals surface area (Å²) in [6.45, 7) is 3.94. The van der Waals surface area contributed by atoms with Crippen LogP contribution in [0.2, 0.25) is 0 Å². The first kappa shape index (κ1) is 35.2. The van der Waals surface area contributed by atoms with Crippen LogP contribution in [-0.2, 0) is 31.3 Å². The molecule has 2 atom stereocenters. The Labute approximate surface area is 277 Å². The summed E-state index contributed by atoms with van der Waals surface area (Å²) in [5, 5.41) is 13.8. The van der Waals surface area contributed by atoms with E-state index in [0.717, 1.165) is 16.7 Å². The predicted octanol–water partition coefficient (Wildman–Crippen LogP) is 2.46. The van der Waals surface area contributed by atoms with Gasteiger partial charge in [-0.3, -0.25) is 0 Å². The van der Waals surface area contributed by atoms with Gasteiger partial charge in [0.25, 0.3) is 0 Å². The summed E-state index contributed by atoms with van der Waals surface area (Å²) in [6.07, 6.45) is 0.967. The van der Waals surface area contributed by atoms with Crippen molar-refractivity contribution in [1.29, 1.82) is 0 Å². The number of aliphatic hydroxyl groups is 1. The number of nitrogens with one attached hydrogen (secondary N) is 2. The van der Waals surface area contributed by atoms with Gasteiger partial charge < -0.3 is 30.4 Å². The van der Waals surface area contributed by atoms with Gasteiger partial charge in [0.2, 0.25) is 20.0 Å². The maximum absolute atomic E-state index is 13.8. The SMILES string of the molecule is CCOc1cc(-c2ccc(CN)cc2)ccc1S(=O)(=O)N1CCC2(CC1)C[C@H](NC[C@H](O)COc1cccc(S(=O)(=O)NC)c1)CO2. The fourth-order valence-corrected chi connectivity index (χ4v) is 8.32. The molecule has 12 nitrogen and oxygen atoms in total. The summed E-state index contributed by atoms with van der Waals surface area (Å²) < 4.78 is 73.1. The van der Waals surface area contributed by atoms with E-state index < -0.39 is 31.8 Å². The monoisotopic (exact) mass is 688 g/mol. The minimum Gasteiger partial charge on any atom is -0.492 e. The summed E-state index contributed by atoms with van der Waals surface area (Å²) in [5.74, 6) is 0.667. The van der Waals surface area contributed by atoms with E-state index in [0.29, 0.717) is 63.6 Å². The third kappa shape index (κ3) is 8.32. The van der Waals surface area contributed by atoms with Gasteiger partial charge in [0, 0.05) is 38.3 Å². The van der Waals surface area contributed by atoms with Crippen LogP contribution in [0.4, 0.5) is 0 Å². The molecule has 2 aliphatic rings. The Morgan fingerprint density at radius 2 is 1.74 bits per heavy atom. The Balaban J connectivity index is 1.13. The molecule has 0 radical (unpaired) electrons. The number of sulfonamides is 2. The first-order valence-electron chi connectivity index (χ1n) is 15.8. The van der Waals surface area contributed by atoms with Crippen molar-refractivity contribution in [2.45, 2.75) is 60.3 Å². The Hall–Kier alpha value is -3.08. The van der Waals surface area contributed by atoms with Crippen molar-refractivity contribution < 1.29 is 36.2 Å². The van der Waals surface area contributed by atoms with Gasteiger partial charge in [-0.2, -0.15) is 4.31 Å². The van der Waals surface area contributed by atoms with Crippen LogP contribution < -0.4 is 25.2 Å². The summed E-state index contributed by atoms with van der Waals surface area (Å²) in [7, 11) is -6.08. The highest BCUT2D eigenvalue weighted by molar-refractivity contribution is 7.89. The quantitative estimate of drug-likeness (QED) is 0.197. The summed E-state index contributed by atoms with van der Waals surface area (Å²) >= 11 is 0. The summed E-state index contributed by atoms with van der Waals surface area (Å²) in [4.78, 5) is 0.228. The lowest BCUT2D eigenvalue weighted by Crippen LogP contribution is -2.47. The number of nitrogens with zero attached hydrogens (tertiary/aromatic N) is 1. The predicted molar refractivity (Wildman–Crippen MR) is 178 cm³/mol. The second kappa shape index (κ2) is 15.0. The molecule has 5 N–H and O–H groups in total. The molecule has 1 spiro atoms. The molecule has 0 aromatic heterocycles. The number of hydrogen-bond acceptors (Lipinski definition) is 10. The molecule has 5 rings (SSSR count). The van der Waals surface area contributed by atoms with Crippen LogP contribution in [0, 0.1) is 0 Å². The summed E-state index contributed by atoms with van der Waals surface area (Å²) in [5.41, 5.74) is 8.10. The van der Waals surface area contributed by atoms with Gasteiger partial charge in [-0.1, -0.05) is 36.4 Å². The number of nitrogens with two attached hydrogens (primary N) is 1. The number of benzene rings is 3. The van der Waals surface area contributed by atoms with E-state index in [4.69, 9.17) is 19.9 Å². The number of hydrogen-bond donors (Lipinski definition) is 4. The lowest BCUT2D eigenvalue weighted by Gasteiger charge is -2.38. The van der Waals surface area contributed by atoms with Gasteiger partial charge in [0.1, 0.15) is 29.1 Å². The molecular formula is C33H44N4O8S2. The molecule has 2 saturated heterocycles. The average Bonchev–Trinajstić information content (AvgIpc) is 3.48. The number of aliphatic hydroxyl groups excluding tert-OH is 1.